The van der Waals surface area contributed by atoms with Gasteiger partial charge in [0.05, 0.1) is 17.6 Å². The smallest absolute Gasteiger partial charge is 0.417 e. The van der Waals surface area contributed by atoms with Crippen LogP contribution in [0.1, 0.15) is 60.8 Å². The Bertz CT molecular complexity index is 480. The summed E-state index contributed by atoms with van der Waals surface area (Å²) in [6.07, 6.45) is 1.74. The highest BCUT2D eigenvalue weighted by atomic mass is 16.6. The summed E-state index contributed by atoms with van der Waals surface area (Å²) in [5.74, 6) is -0.339. The zero-order chi connectivity index (χ0) is 17.6. The number of carbonyl (C=O) groups excluding carboxylic acids is 2. The van der Waals surface area contributed by atoms with Gasteiger partial charge in [-0.05, 0) is 37.0 Å². The summed E-state index contributed by atoms with van der Waals surface area (Å²) in [6, 6.07) is -0.282. The lowest BCUT2D eigenvalue weighted by atomic mass is 9.64. The van der Waals surface area contributed by atoms with Crippen molar-refractivity contribution in [2.75, 3.05) is 6.61 Å². The van der Waals surface area contributed by atoms with E-state index in [1.54, 1.807) is 6.92 Å². The topological polar surface area (TPSA) is 66.8 Å². The van der Waals surface area contributed by atoms with Gasteiger partial charge in [0.25, 0.3) is 0 Å². The van der Waals surface area contributed by atoms with Gasteiger partial charge >= 0.3 is 6.09 Å². The number of amides is 2. The van der Waals surface area contributed by atoms with Gasteiger partial charge in [-0.2, -0.15) is 0 Å². The molecule has 1 aliphatic heterocycles. The molecule has 0 aromatic rings. The molecule has 2 aliphatic rings. The van der Waals surface area contributed by atoms with Gasteiger partial charge in [-0.25, -0.2) is 9.69 Å². The molecule has 1 heterocycles. The van der Waals surface area contributed by atoms with Crippen molar-refractivity contribution < 1.29 is 19.4 Å². The van der Waals surface area contributed by atoms with Crippen LogP contribution in [0.3, 0.4) is 0 Å². The first-order chi connectivity index (χ1) is 10.5. The van der Waals surface area contributed by atoms with Gasteiger partial charge in [-0.3, -0.25) is 4.79 Å². The molecule has 5 nitrogen and oxygen atoms in total. The van der Waals surface area contributed by atoms with Gasteiger partial charge in [0.2, 0.25) is 5.91 Å². The molecule has 2 fully saturated rings. The van der Waals surface area contributed by atoms with Crippen LogP contribution in [-0.4, -0.2) is 40.3 Å². The van der Waals surface area contributed by atoms with Crippen LogP contribution in [0.15, 0.2) is 0 Å². The highest BCUT2D eigenvalue weighted by molar-refractivity contribution is 5.95. The summed E-state index contributed by atoms with van der Waals surface area (Å²) in [5, 5.41) is 10.9. The van der Waals surface area contributed by atoms with Gasteiger partial charge in [-0.15, -0.1) is 0 Å². The van der Waals surface area contributed by atoms with E-state index in [0.717, 1.165) is 12.8 Å². The van der Waals surface area contributed by atoms with E-state index >= 15 is 0 Å². The molecular formula is C18H31NO4. The van der Waals surface area contributed by atoms with Crippen molar-refractivity contribution in [3.05, 3.63) is 0 Å². The van der Waals surface area contributed by atoms with E-state index in [4.69, 9.17) is 4.74 Å². The quantitative estimate of drug-likeness (QED) is 0.846. The van der Waals surface area contributed by atoms with Crippen molar-refractivity contribution in [2.45, 2.75) is 72.4 Å². The summed E-state index contributed by atoms with van der Waals surface area (Å²) in [5.41, 5.74) is -1.34. The molecule has 0 radical (unpaired) electrons. The lowest BCUT2D eigenvalue weighted by Gasteiger charge is -2.46. The normalized spacial score (nSPS) is 38.6. The summed E-state index contributed by atoms with van der Waals surface area (Å²) in [7, 11) is 0. The predicted molar refractivity (Wildman–Crippen MR) is 87.7 cm³/mol. The second-order valence-electron chi connectivity index (χ2n) is 8.72. The average Bonchev–Trinajstić information content (AvgIpc) is 2.77. The van der Waals surface area contributed by atoms with Crippen LogP contribution < -0.4 is 0 Å². The fraction of sp³-hybridized carbons (Fsp3) is 0.889. The number of carbonyl (C=O) groups is 2. The Kier molecular flexibility index (Phi) is 4.82. The van der Waals surface area contributed by atoms with Gasteiger partial charge in [-0.1, -0.05) is 41.0 Å². The molecule has 2 rings (SSSR count). The zero-order valence-electron chi connectivity index (χ0n) is 15.3. The summed E-state index contributed by atoms with van der Waals surface area (Å²) in [4.78, 5) is 26.7. The van der Waals surface area contributed by atoms with Crippen molar-refractivity contribution in [1.29, 1.82) is 0 Å². The minimum absolute atomic E-state index is 0.0928. The number of cyclic esters (lactones) is 1. The number of ether oxygens (including phenoxy) is 1. The van der Waals surface area contributed by atoms with E-state index in [-0.39, 0.29) is 29.9 Å². The third-order valence-corrected chi connectivity index (χ3v) is 5.51. The molecule has 132 valence electrons. The number of rotatable bonds is 2. The lowest BCUT2D eigenvalue weighted by molar-refractivity contribution is -0.154. The number of hydrogen-bond acceptors (Lipinski definition) is 4. The first-order valence-corrected chi connectivity index (χ1v) is 8.71. The van der Waals surface area contributed by atoms with Gasteiger partial charge in [0.1, 0.15) is 6.61 Å². The average molecular weight is 325 g/mol. The Morgan fingerprint density at radius 1 is 1.43 bits per heavy atom. The molecule has 0 bridgehead atoms. The zero-order valence-corrected chi connectivity index (χ0v) is 15.3. The van der Waals surface area contributed by atoms with Crippen LogP contribution >= 0.6 is 0 Å². The monoisotopic (exact) mass is 325 g/mol. The summed E-state index contributed by atoms with van der Waals surface area (Å²) >= 11 is 0. The second-order valence-corrected chi connectivity index (χ2v) is 8.72. The molecule has 2 amide bonds. The predicted octanol–water partition coefficient (Wildman–Crippen LogP) is 3.20. The van der Waals surface area contributed by atoms with Crippen LogP contribution in [0.25, 0.3) is 0 Å². The highest BCUT2D eigenvalue weighted by Crippen LogP contribution is 2.44. The van der Waals surface area contributed by atoms with Crippen LogP contribution in [0.2, 0.25) is 0 Å². The maximum atomic E-state index is 13.2. The highest BCUT2D eigenvalue weighted by Gasteiger charge is 2.53. The number of nitrogens with zero attached hydrogens (tertiary/aromatic N) is 1. The van der Waals surface area contributed by atoms with Crippen LogP contribution in [0.4, 0.5) is 4.79 Å². The van der Waals surface area contributed by atoms with Crippen molar-refractivity contribution in [3.63, 3.8) is 0 Å². The molecule has 0 aromatic heterocycles. The third-order valence-electron chi connectivity index (χ3n) is 5.51. The summed E-state index contributed by atoms with van der Waals surface area (Å²) in [6.45, 7) is 12.1. The molecule has 1 N–H and O–H groups in total. The molecule has 5 atom stereocenters. The largest absolute Gasteiger partial charge is 0.447 e. The lowest BCUT2D eigenvalue weighted by Crippen LogP contribution is -2.57. The first kappa shape index (κ1) is 18.2. The van der Waals surface area contributed by atoms with E-state index in [2.05, 4.69) is 6.92 Å². The van der Waals surface area contributed by atoms with E-state index in [9.17, 15) is 14.7 Å². The molecule has 23 heavy (non-hydrogen) atoms. The second kappa shape index (κ2) is 6.08. The van der Waals surface area contributed by atoms with Crippen molar-refractivity contribution in [1.82, 2.24) is 4.90 Å². The van der Waals surface area contributed by atoms with Gasteiger partial charge in [0.15, 0.2) is 0 Å². The van der Waals surface area contributed by atoms with E-state index in [0.29, 0.717) is 12.3 Å². The van der Waals surface area contributed by atoms with Gasteiger partial charge < -0.3 is 9.84 Å². The van der Waals surface area contributed by atoms with E-state index in [1.807, 2.05) is 27.7 Å². The van der Waals surface area contributed by atoms with Crippen LogP contribution in [0, 0.1) is 23.2 Å². The fourth-order valence-electron chi connectivity index (χ4n) is 4.40. The van der Waals surface area contributed by atoms with Crippen LogP contribution in [0.5, 0.6) is 0 Å². The van der Waals surface area contributed by atoms with Crippen molar-refractivity contribution in [2.24, 2.45) is 23.2 Å². The SMILES string of the molecule is CC[C@@H]1C[C@H](C)C[C@@](C)(O)[C@H]1C(=O)N1C(=O)OC[C@@H]1C(C)(C)C. The number of imide groups is 1. The maximum Gasteiger partial charge on any atom is 0.417 e. The number of hydrogen-bond donors (Lipinski definition) is 1. The molecular weight excluding hydrogens is 294 g/mol. The molecule has 5 heteroatoms. The Hall–Kier alpha value is -1.10. The molecule has 0 aromatic carbocycles. The minimum atomic E-state index is -1.08. The molecule has 0 unspecified atom stereocenters. The maximum absolute atomic E-state index is 13.2. The van der Waals surface area contributed by atoms with Gasteiger partial charge in [0, 0.05) is 0 Å². The van der Waals surface area contributed by atoms with Crippen molar-refractivity contribution in [3.8, 4) is 0 Å². The fourth-order valence-corrected chi connectivity index (χ4v) is 4.40. The Labute approximate surface area is 139 Å². The molecule has 0 spiro atoms. The Morgan fingerprint density at radius 2 is 2.04 bits per heavy atom. The summed E-state index contributed by atoms with van der Waals surface area (Å²) < 4.78 is 5.16. The third kappa shape index (κ3) is 3.39. The molecule has 1 saturated heterocycles. The van der Waals surface area contributed by atoms with E-state index < -0.39 is 17.6 Å². The standard InChI is InChI=1S/C18H31NO4/c1-7-12-8-11(2)9-18(6,22)14(12)15(20)19-13(17(3,4)5)10-23-16(19)21/h11-14,22H,7-10H2,1-6H3/t11-,12+,13+,14+,18+/m0/s1. The molecule has 1 saturated carbocycles. The van der Waals surface area contributed by atoms with E-state index in [1.165, 1.54) is 4.90 Å². The number of aliphatic hydroxyl groups is 1. The van der Waals surface area contributed by atoms with Crippen molar-refractivity contribution >= 4 is 12.0 Å². The Balaban J connectivity index is 2.34. The molecule has 1 aliphatic carbocycles. The van der Waals surface area contributed by atoms with Crippen LogP contribution in [-0.2, 0) is 9.53 Å². The first-order valence-electron chi connectivity index (χ1n) is 8.71. The minimum Gasteiger partial charge on any atom is -0.447 e. The Morgan fingerprint density at radius 3 is 2.57 bits per heavy atom.